The van der Waals surface area contributed by atoms with E-state index in [0.717, 1.165) is 28.1 Å². The third-order valence-corrected chi connectivity index (χ3v) is 9.24. The summed E-state index contributed by atoms with van der Waals surface area (Å²) in [6, 6.07) is 3.46. The van der Waals surface area contributed by atoms with Gasteiger partial charge in [0.25, 0.3) is 11.8 Å². The van der Waals surface area contributed by atoms with Crippen molar-refractivity contribution in [3.8, 4) is 0 Å². The van der Waals surface area contributed by atoms with Gasteiger partial charge >= 0.3 is 5.97 Å². The van der Waals surface area contributed by atoms with Crippen LogP contribution in [0, 0.1) is 0 Å². The zero-order valence-corrected chi connectivity index (χ0v) is 21.6. The van der Waals surface area contributed by atoms with Gasteiger partial charge in [0.05, 0.1) is 17.4 Å². The minimum absolute atomic E-state index is 0.0250. The van der Waals surface area contributed by atoms with Crippen LogP contribution in [0.15, 0.2) is 39.0 Å². The second-order valence-corrected chi connectivity index (χ2v) is 11.1. The molecule has 2 aromatic heterocycles. The fourth-order valence-electron chi connectivity index (χ4n) is 3.41. The predicted octanol–water partition coefficient (Wildman–Crippen LogP) is 0.374. The number of nitrogens with one attached hydrogen (secondary N) is 1. The molecule has 4 heterocycles. The van der Waals surface area contributed by atoms with Gasteiger partial charge in [-0.05, 0) is 12.1 Å². The van der Waals surface area contributed by atoms with Gasteiger partial charge < -0.3 is 27.1 Å². The molecule has 0 unspecified atom stereocenters. The van der Waals surface area contributed by atoms with Gasteiger partial charge in [0, 0.05) is 28.7 Å². The van der Waals surface area contributed by atoms with Gasteiger partial charge in [-0.3, -0.25) is 14.5 Å². The molecule has 1 saturated heterocycles. The Balaban J connectivity index is 1.50. The van der Waals surface area contributed by atoms with Crippen molar-refractivity contribution in [1.29, 1.82) is 0 Å². The summed E-state index contributed by atoms with van der Waals surface area (Å²) in [6.45, 7) is 0.535. The second-order valence-electron chi connectivity index (χ2n) is 7.29. The minimum atomic E-state index is -1.26. The standard InChI is InChI=1S/C19H20N8O5S4/c20-4-5-33-6-9-16(26-36-25-9)35-10-7-34-18-13(17(29)27(18)14(10)19(30)31)23-15(28)12(24-32)8-2-1-3-11(21)22-8/h1-3,13,18,32H,4-7,20H2,(H2,21,22)(H,23,28)(H,30,31)/b24-12-/t13-,18+/m1/s1. The topological polar surface area (TPSA) is 210 Å². The highest BCUT2D eigenvalue weighted by atomic mass is 32.2. The van der Waals surface area contributed by atoms with E-state index in [2.05, 4.69) is 24.2 Å². The van der Waals surface area contributed by atoms with E-state index in [1.54, 1.807) is 11.8 Å². The maximum atomic E-state index is 12.9. The molecule has 0 aliphatic carbocycles. The third kappa shape index (κ3) is 5.29. The van der Waals surface area contributed by atoms with E-state index in [1.807, 2.05) is 0 Å². The average Bonchev–Trinajstić information content (AvgIpc) is 3.29. The van der Waals surface area contributed by atoms with Crippen LogP contribution in [0.4, 0.5) is 5.82 Å². The summed E-state index contributed by atoms with van der Waals surface area (Å²) in [7, 11) is 0. The van der Waals surface area contributed by atoms with Gasteiger partial charge in [-0.1, -0.05) is 23.0 Å². The first-order valence-electron chi connectivity index (χ1n) is 10.3. The molecule has 0 aromatic carbocycles. The second kappa shape index (κ2) is 11.5. The number of thioether (sulfide) groups is 3. The molecule has 2 aliphatic heterocycles. The SMILES string of the molecule is NCCSCc1nsnc1SC1=C(C(=O)O)N2C(=O)[C@@H](NC(=O)/C(=N\O)c3cccc(N)n3)[C@@H]2SC1. The summed E-state index contributed by atoms with van der Waals surface area (Å²) in [5.41, 5.74) is 11.3. The number of carboxylic acid groups (broad SMARTS) is 1. The largest absolute Gasteiger partial charge is 0.477 e. The summed E-state index contributed by atoms with van der Waals surface area (Å²) in [4.78, 5) is 43.4. The Labute approximate surface area is 221 Å². The van der Waals surface area contributed by atoms with Crippen molar-refractivity contribution in [1.82, 2.24) is 23.9 Å². The van der Waals surface area contributed by atoms with Crippen molar-refractivity contribution in [3.05, 3.63) is 40.2 Å². The van der Waals surface area contributed by atoms with E-state index in [-0.39, 0.29) is 23.0 Å². The minimum Gasteiger partial charge on any atom is -0.477 e. The Hall–Kier alpha value is -2.86. The lowest BCUT2D eigenvalue weighted by molar-refractivity contribution is -0.150. The van der Waals surface area contributed by atoms with E-state index < -0.39 is 34.9 Å². The Bertz CT molecular complexity index is 1250. The molecule has 0 spiro atoms. The van der Waals surface area contributed by atoms with E-state index in [0.29, 0.717) is 22.2 Å². The summed E-state index contributed by atoms with van der Waals surface area (Å²) in [5.74, 6) is -0.939. The number of hydrogen-bond donors (Lipinski definition) is 5. The lowest BCUT2D eigenvalue weighted by Gasteiger charge is -2.49. The Morgan fingerprint density at radius 3 is 2.83 bits per heavy atom. The van der Waals surface area contributed by atoms with Crippen molar-refractivity contribution in [2.24, 2.45) is 10.9 Å². The van der Waals surface area contributed by atoms with Crippen molar-refractivity contribution >= 4 is 76.3 Å². The number of carbonyl (C=O) groups is 3. The molecular weight excluding hydrogens is 549 g/mol. The number of nitrogens with two attached hydrogens (primary N) is 2. The molecule has 4 rings (SSSR count). The number of aliphatic carboxylic acids is 1. The van der Waals surface area contributed by atoms with Crippen LogP contribution in [-0.2, 0) is 20.1 Å². The zero-order chi connectivity index (χ0) is 25.8. The molecule has 2 aliphatic rings. The predicted molar refractivity (Wildman–Crippen MR) is 138 cm³/mol. The summed E-state index contributed by atoms with van der Waals surface area (Å²) in [5, 5.41) is 24.7. The lowest BCUT2D eigenvalue weighted by Crippen LogP contribution is -2.71. The quantitative estimate of drug-likeness (QED) is 0.0863. The average molecular weight is 569 g/mol. The molecule has 2 aromatic rings. The fourth-order valence-corrected chi connectivity index (χ4v) is 7.45. The zero-order valence-electron chi connectivity index (χ0n) is 18.4. The van der Waals surface area contributed by atoms with Crippen molar-refractivity contribution in [2.75, 3.05) is 23.8 Å². The molecule has 36 heavy (non-hydrogen) atoms. The van der Waals surface area contributed by atoms with Crippen molar-refractivity contribution in [3.63, 3.8) is 0 Å². The van der Waals surface area contributed by atoms with Crippen LogP contribution >= 0.6 is 47.0 Å². The first-order chi connectivity index (χ1) is 17.3. The van der Waals surface area contributed by atoms with E-state index >= 15 is 0 Å². The monoisotopic (exact) mass is 568 g/mol. The van der Waals surface area contributed by atoms with Gasteiger partial charge in [-0.2, -0.15) is 20.5 Å². The molecule has 7 N–H and O–H groups in total. The highest BCUT2D eigenvalue weighted by Gasteiger charge is 2.54. The molecule has 0 bridgehead atoms. The number of oxime groups is 1. The number of fused-ring (bicyclic) bond motifs is 1. The third-order valence-electron chi connectivity index (χ3n) is 4.99. The van der Waals surface area contributed by atoms with Gasteiger partial charge in [0.2, 0.25) is 0 Å². The number of nitrogen functional groups attached to an aromatic ring is 1. The number of aromatic nitrogens is 3. The Kier molecular flexibility index (Phi) is 8.35. The summed E-state index contributed by atoms with van der Waals surface area (Å²) >= 11 is 5.11. The number of anilines is 1. The van der Waals surface area contributed by atoms with E-state index in [4.69, 9.17) is 11.5 Å². The number of rotatable bonds is 10. The molecule has 0 saturated carbocycles. The van der Waals surface area contributed by atoms with Crippen LogP contribution in [0.25, 0.3) is 0 Å². The first-order valence-corrected chi connectivity index (χ1v) is 14.0. The molecule has 13 nitrogen and oxygen atoms in total. The van der Waals surface area contributed by atoms with Crippen LogP contribution in [0.3, 0.4) is 0 Å². The smallest absolute Gasteiger partial charge is 0.353 e. The molecule has 1 fully saturated rings. The van der Waals surface area contributed by atoms with Gasteiger partial charge in [-0.15, -0.1) is 11.8 Å². The highest BCUT2D eigenvalue weighted by Crippen LogP contribution is 2.45. The lowest BCUT2D eigenvalue weighted by atomic mass is 10.0. The first kappa shape index (κ1) is 26.2. The van der Waals surface area contributed by atoms with Crippen LogP contribution in [-0.4, -0.2) is 81.9 Å². The van der Waals surface area contributed by atoms with E-state index in [1.165, 1.54) is 41.7 Å². The Morgan fingerprint density at radius 2 is 2.14 bits per heavy atom. The number of carbonyl (C=O) groups excluding carboxylic acids is 2. The molecule has 17 heteroatoms. The number of carboxylic acids is 1. The molecule has 2 atom stereocenters. The van der Waals surface area contributed by atoms with Gasteiger partial charge in [0.1, 0.15) is 33.7 Å². The maximum Gasteiger partial charge on any atom is 0.353 e. The van der Waals surface area contributed by atoms with E-state index in [9.17, 15) is 24.7 Å². The van der Waals surface area contributed by atoms with Gasteiger partial charge in [0.15, 0.2) is 5.71 Å². The summed E-state index contributed by atoms with van der Waals surface area (Å²) < 4.78 is 8.57. The van der Waals surface area contributed by atoms with Crippen molar-refractivity contribution in [2.45, 2.75) is 22.2 Å². The number of pyridine rings is 1. The highest BCUT2D eigenvalue weighted by molar-refractivity contribution is 8.06. The molecule has 190 valence electrons. The van der Waals surface area contributed by atoms with Crippen LogP contribution in [0.2, 0.25) is 0 Å². The molecule has 2 amide bonds. The van der Waals surface area contributed by atoms with Crippen LogP contribution < -0.4 is 16.8 Å². The van der Waals surface area contributed by atoms with Crippen molar-refractivity contribution < 1.29 is 24.7 Å². The number of hydrogen-bond acceptors (Lipinski definition) is 14. The number of β-lactam (4-membered cyclic amide) rings is 1. The van der Waals surface area contributed by atoms with Gasteiger partial charge in [-0.25, -0.2) is 9.78 Å². The van der Waals surface area contributed by atoms with Crippen LogP contribution in [0.1, 0.15) is 11.4 Å². The number of amides is 2. The molecule has 0 radical (unpaired) electrons. The van der Waals surface area contributed by atoms with Crippen LogP contribution in [0.5, 0.6) is 0 Å². The summed E-state index contributed by atoms with van der Waals surface area (Å²) in [6.07, 6.45) is 0. The fraction of sp³-hybridized carbons (Fsp3) is 0.316. The molecular formula is C19H20N8O5S4. The maximum absolute atomic E-state index is 12.9. The normalized spacial score (nSPS) is 19.6. The Morgan fingerprint density at radius 1 is 1.33 bits per heavy atom. The number of nitrogens with zero attached hydrogens (tertiary/aromatic N) is 5.